The first-order valence-corrected chi connectivity index (χ1v) is 8.32. The standard InChI is InChI=1S/C18H23FN4O/c1-12(16-13(2)21-22-14(16)3)17(24)23-9-6-18(19,7-10-23)15-5-4-8-20-11-15/h4-5,8,11-12H,6-7,9-10H2,1-3H3,(H,21,22). The molecule has 1 saturated heterocycles. The number of hydrogen-bond acceptors (Lipinski definition) is 3. The van der Waals surface area contributed by atoms with Crippen LogP contribution in [0.25, 0.3) is 0 Å². The van der Waals surface area contributed by atoms with Gasteiger partial charge in [-0.25, -0.2) is 4.39 Å². The van der Waals surface area contributed by atoms with Gasteiger partial charge in [-0.3, -0.25) is 14.9 Å². The van der Waals surface area contributed by atoms with Crippen molar-refractivity contribution < 1.29 is 9.18 Å². The van der Waals surface area contributed by atoms with Crippen LogP contribution < -0.4 is 0 Å². The highest BCUT2D eigenvalue weighted by molar-refractivity contribution is 5.84. The van der Waals surface area contributed by atoms with Gasteiger partial charge < -0.3 is 4.90 Å². The number of nitrogens with one attached hydrogen (secondary N) is 1. The Morgan fingerprint density at radius 2 is 2.08 bits per heavy atom. The minimum absolute atomic E-state index is 0.0378. The molecule has 3 heterocycles. The van der Waals surface area contributed by atoms with Crippen molar-refractivity contribution in [3.05, 3.63) is 47.0 Å². The molecule has 2 aromatic heterocycles. The predicted molar refractivity (Wildman–Crippen MR) is 89.3 cm³/mol. The Hall–Kier alpha value is -2.24. The van der Waals surface area contributed by atoms with E-state index >= 15 is 4.39 Å². The van der Waals surface area contributed by atoms with Gasteiger partial charge in [-0.05, 0) is 26.8 Å². The number of aromatic amines is 1. The second kappa shape index (κ2) is 6.34. The third-order valence-electron chi connectivity index (χ3n) is 5.04. The van der Waals surface area contributed by atoms with Crippen molar-refractivity contribution in [3.8, 4) is 0 Å². The van der Waals surface area contributed by atoms with Crippen molar-refractivity contribution in [1.29, 1.82) is 0 Å². The molecule has 0 spiro atoms. The van der Waals surface area contributed by atoms with Crippen LogP contribution in [-0.4, -0.2) is 39.1 Å². The number of likely N-dealkylation sites (tertiary alicyclic amines) is 1. The summed E-state index contributed by atoms with van der Waals surface area (Å²) in [5.74, 6) is -0.231. The lowest BCUT2D eigenvalue weighted by atomic mass is 9.86. The molecule has 1 aliphatic heterocycles. The van der Waals surface area contributed by atoms with E-state index in [-0.39, 0.29) is 11.8 Å². The maximum absolute atomic E-state index is 15.2. The molecule has 1 atom stereocenters. The average molecular weight is 330 g/mol. The molecule has 0 bridgehead atoms. The Morgan fingerprint density at radius 3 is 2.62 bits per heavy atom. The smallest absolute Gasteiger partial charge is 0.229 e. The highest BCUT2D eigenvalue weighted by Crippen LogP contribution is 2.37. The van der Waals surface area contributed by atoms with Crippen molar-refractivity contribution in [3.63, 3.8) is 0 Å². The first-order valence-electron chi connectivity index (χ1n) is 8.32. The van der Waals surface area contributed by atoms with Gasteiger partial charge in [-0.2, -0.15) is 5.10 Å². The van der Waals surface area contributed by atoms with Crippen LogP contribution in [0.2, 0.25) is 0 Å². The molecule has 1 aliphatic rings. The Balaban J connectivity index is 1.69. The van der Waals surface area contributed by atoms with E-state index in [1.807, 2.05) is 20.8 Å². The zero-order chi connectivity index (χ0) is 17.3. The number of halogens is 1. The van der Waals surface area contributed by atoms with Crippen LogP contribution in [-0.2, 0) is 10.5 Å². The molecule has 1 fully saturated rings. The number of aryl methyl sites for hydroxylation is 2. The number of carbonyl (C=O) groups is 1. The summed E-state index contributed by atoms with van der Waals surface area (Å²) in [6, 6.07) is 3.52. The summed E-state index contributed by atoms with van der Waals surface area (Å²) in [5.41, 5.74) is 1.92. The van der Waals surface area contributed by atoms with E-state index in [4.69, 9.17) is 0 Å². The van der Waals surface area contributed by atoms with E-state index in [2.05, 4.69) is 15.2 Å². The van der Waals surface area contributed by atoms with Crippen LogP contribution in [0.4, 0.5) is 4.39 Å². The summed E-state index contributed by atoms with van der Waals surface area (Å²) in [5, 5.41) is 7.09. The van der Waals surface area contributed by atoms with Gasteiger partial charge in [0.2, 0.25) is 5.91 Å². The maximum atomic E-state index is 15.2. The molecule has 0 aliphatic carbocycles. The molecule has 24 heavy (non-hydrogen) atoms. The highest BCUT2D eigenvalue weighted by atomic mass is 19.1. The highest BCUT2D eigenvalue weighted by Gasteiger charge is 2.39. The number of hydrogen-bond donors (Lipinski definition) is 1. The van der Waals surface area contributed by atoms with E-state index in [0.29, 0.717) is 31.5 Å². The zero-order valence-electron chi connectivity index (χ0n) is 14.3. The van der Waals surface area contributed by atoms with Gasteiger partial charge in [0.1, 0.15) is 5.67 Å². The third-order valence-corrected chi connectivity index (χ3v) is 5.04. The second-order valence-corrected chi connectivity index (χ2v) is 6.60. The Bertz CT molecular complexity index is 700. The molecule has 128 valence electrons. The van der Waals surface area contributed by atoms with Gasteiger partial charge in [0, 0.05) is 55.1 Å². The largest absolute Gasteiger partial charge is 0.342 e. The van der Waals surface area contributed by atoms with Crippen LogP contribution in [0.15, 0.2) is 24.5 Å². The van der Waals surface area contributed by atoms with Crippen molar-refractivity contribution in [2.75, 3.05) is 13.1 Å². The van der Waals surface area contributed by atoms with Gasteiger partial charge >= 0.3 is 0 Å². The molecule has 1 N–H and O–H groups in total. The SMILES string of the molecule is Cc1n[nH]c(C)c1C(C)C(=O)N1CCC(F)(c2cccnc2)CC1. The minimum Gasteiger partial charge on any atom is -0.342 e. The zero-order valence-corrected chi connectivity index (χ0v) is 14.3. The lowest BCUT2D eigenvalue weighted by Crippen LogP contribution is -2.44. The number of pyridine rings is 1. The quantitative estimate of drug-likeness (QED) is 0.941. The van der Waals surface area contributed by atoms with Crippen LogP contribution in [0, 0.1) is 13.8 Å². The van der Waals surface area contributed by atoms with Crippen LogP contribution in [0.1, 0.15) is 48.2 Å². The lowest BCUT2D eigenvalue weighted by molar-refractivity contribution is -0.135. The van der Waals surface area contributed by atoms with Crippen molar-refractivity contribution in [2.45, 2.75) is 45.2 Å². The summed E-state index contributed by atoms with van der Waals surface area (Å²) >= 11 is 0. The molecule has 0 aromatic carbocycles. The molecule has 6 heteroatoms. The molecule has 1 amide bonds. The lowest BCUT2D eigenvalue weighted by Gasteiger charge is -2.37. The summed E-state index contributed by atoms with van der Waals surface area (Å²) in [7, 11) is 0. The Morgan fingerprint density at radius 1 is 1.38 bits per heavy atom. The number of nitrogens with zero attached hydrogens (tertiary/aromatic N) is 3. The number of alkyl halides is 1. The van der Waals surface area contributed by atoms with Gasteiger partial charge in [-0.1, -0.05) is 6.07 Å². The van der Waals surface area contributed by atoms with Gasteiger partial charge in [0.15, 0.2) is 0 Å². The number of piperidine rings is 1. The molecular formula is C18H23FN4O. The predicted octanol–water partition coefficient (Wildman–Crippen LogP) is 3.01. The fourth-order valence-electron chi connectivity index (χ4n) is 3.59. The number of rotatable bonds is 3. The van der Waals surface area contributed by atoms with Crippen LogP contribution in [0.3, 0.4) is 0 Å². The number of amides is 1. The molecular weight excluding hydrogens is 307 g/mol. The third kappa shape index (κ3) is 2.92. The summed E-state index contributed by atoms with van der Waals surface area (Å²) in [6.07, 6.45) is 3.84. The van der Waals surface area contributed by atoms with Crippen molar-refractivity contribution in [2.24, 2.45) is 0 Å². The molecule has 2 aromatic rings. The topological polar surface area (TPSA) is 61.9 Å². The van der Waals surface area contributed by atoms with Crippen molar-refractivity contribution >= 4 is 5.91 Å². The monoisotopic (exact) mass is 330 g/mol. The fourth-order valence-corrected chi connectivity index (χ4v) is 3.59. The minimum atomic E-state index is -1.39. The van der Waals surface area contributed by atoms with Gasteiger partial charge in [-0.15, -0.1) is 0 Å². The molecule has 0 radical (unpaired) electrons. The second-order valence-electron chi connectivity index (χ2n) is 6.60. The number of H-pyrrole nitrogens is 1. The Kier molecular flexibility index (Phi) is 4.39. The van der Waals surface area contributed by atoms with E-state index in [1.54, 1.807) is 29.4 Å². The molecule has 0 saturated carbocycles. The van der Waals surface area contributed by atoms with Crippen LogP contribution in [0.5, 0.6) is 0 Å². The molecule has 5 nitrogen and oxygen atoms in total. The fraction of sp³-hybridized carbons (Fsp3) is 0.500. The first-order chi connectivity index (χ1) is 11.4. The average Bonchev–Trinajstić information content (AvgIpc) is 2.94. The normalized spacial score (nSPS) is 18.4. The van der Waals surface area contributed by atoms with Gasteiger partial charge in [0.05, 0.1) is 11.6 Å². The summed E-state index contributed by atoms with van der Waals surface area (Å²) in [6.45, 7) is 6.55. The maximum Gasteiger partial charge on any atom is 0.229 e. The number of aromatic nitrogens is 3. The van der Waals surface area contributed by atoms with E-state index in [9.17, 15) is 4.79 Å². The van der Waals surface area contributed by atoms with Crippen molar-refractivity contribution in [1.82, 2.24) is 20.1 Å². The first kappa shape index (κ1) is 16.6. The summed E-state index contributed by atoms with van der Waals surface area (Å²) in [4.78, 5) is 18.6. The van der Waals surface area contributed by atoms with E-state index in [0.717, 1.165) is 17.0 Å². The number of carbonyl (C=O) groups excluding carboxylic acids is 1. The van der Waals surface area contributed by atoms with E-state index in [1.165, 1.54) is 0 Å². The Labute approximate surface area is 141 Å². The van der Waals surface area contributed by atoms with Gasteiger partial charge in [0.25, 0.3) is 0 Å². The van der Waals surface area contributed by atoms with E-state index < -0.39 is 5.67 Å². The molecule has 3 rings (SSSR count). The molecule has 1 unspecified atom stereocenters. The summed E-state index contributed by atoms with van der Waals surface area (Å²) < 4.78 is 15.2. The van der Waals surface area contributed by atoms with Crippen LogP contribution >= 0.6 is 0 Å².